The minimum atomic E-state index is -3.22. The predicted octanol–water partition coefficient (Wildman–Crippen LogP) is 22.6. The number of hydrogen-bond acceptors (Lipinski definition) is 31. The highest BCUT2D eigenvalue weighted by Crippen LogP contribution is 2.61. The fraction of sp³-hybridized carbons (Fsp3) is 0.226. The molecule has 0 saturated carbocycles. The van der Waals surface area contributed by atoms with Gasteiger partial charge in [-0.2, -0.15) is 0 Å². The van der Waals surface area contributed by atoms with Gasteiger partial charge in [0.2, 0.25) is 5.78 Å². The Morgan fingerprint density at radius 2 is 0.585 bits per heavy atom. The number of aliphatic imine (C=N–C) groups is 1. The van der Waals surface area contributed by atoms with Crippen molar-refractivity contribution < 1.29 is 66.3 Å². The number of aromatic amines is 1. The Labute approximate surface area is 821 Å². The van der Waals surface area contributed by atoms with Crippen LogP contribution in [-0.2, 0) is 30.1 Å². The van der Waals surface area contributed by atoms with Gasteiger partial charge in [-0.1, -0.05) is 69.6 Å². The summed E-state index contributed by atoms with van der Waals surface area (Å²) >= 11 is 49.0. The van der Waals surface area contributed by atoms with Gasteiger partial charge in [0.15, 0.2) is 36.7 Å². The molecular weight excluding hydrogens is 1950 g/mol. The molecule has 17 rings (SSSR count). The highest BCUT2D eigenvalue weighted by molar-refractivity contribution is 8.24. The van der Waals surface area contributed by atoms with Crippen molar-refractivity contribution in [2.24, 2.45) is 4.99 Å². The number of anilines is 2. The second-order valence-electron chi connectivity index (χ2n) is 27.7. The molecule has 0 spiro atoms. The number of ether oxygens (including phenoxy) is 10. The fourth-order valence-electron chi connectivity index (χ4n) is 11.0. The SMILES string of the molecule is CCOC(=O)C(C)=O.COc1ccc(N)c(N)c1.COc1ccc2[nH]c(=O)c(C)nc2c1.COc1ccc2c(c1)CC(=O)C(C)=N2.COc1ccc2nc(C)c(Cl)nc2c1.COc1ccc2nc(C)c(Cl)nc2c1.COc1ccc2nc(C)c(Cl)nc2c1.COc1ccc2nc(Cl)c(C)nc2c1.COc1ccc2nc(Cl)c(C)nc2c1.COc1ccc2nc(Cl)c(C)nc2c1.O=P(Cl)(Cl)Cl. The van der Waals surface area contributed by atoms with Gasteiger partial charge in [-0.15, -0.1) is 0 Å². The standard InChI is InChI=1S/C11H11NO2.6C10H9ClN2O.C10H10N2O2.C7H10N2O.C5H8O3.Cl3OP/c1-7-11(13)6-8-5-9(14-2)3-4-10(8)12-7;3*1-6-10(11)13-8-4-3-7(14-2)5-9(8)12-6;3*1-6-10(11)13-9-5-7(14-2)3-4-8(9)12-6;1-6-10(13)12-8-4-3-7(14-2)5-9(8)11-6;1-10-5-2-3-6(8)7(9)4-5;1-3-8-5(7)4(2)6;1-5(2,3)4/h3-5H,6H2,1-2H3;6*3-5H,1-2H3;3-5H,1-2H3,(H,12,13);2-4H,8-9H2,1H3;3H2,1-2H3;. The molecule has 0 amide bonds. The number of aromatic nitrogens is 14. The van der Waals surface area contributed by atoms with Crippen molar-refractivity contribution in [2.45, 2.75) is 75.7 Å². The van der Waals surface area contributed by atoms with Crippen LogP contribution < -0.4 is 59.7 Å². The van der Waals surface area contributed by atoms with E-state index in [1.807, 2.05) is 169 Å². The molecule has 0 saturated heterocycles. The molecule has 5 N–H and O–H groups in total. The molecule has 0 radical (unpaired) electrons. The molecule has 0 bridgehead atoms. The first-order chi connectivity index (χ1) is 64.0. The number of carbonyl (C=O) groups excluding carboxylic acids is 3. The van der Waals surface area contributed by atoms with Gasteiger partial charge >= 0.3 is 11.2 Å². The quantitative estimate of drug-likeness (QED) is 0.0468. The van der Waals surface area contributed by atoms with E-state index in [9.17, 15) is 23.7 Å². The molecule has 42 heteroatoms. The fourth-order valence-corrected chi connectivity index (χ4v) is 11.8. The highest BCUT2D eigenvalue weighted by atomic mass is 36.0. The van der Waals surface area contributed by atoms with E-state index in [1.54, 1.807) is 121 Å². The van der Waals surface area contributed by atoms with Crippen molar-refractivity contribution in [3.8, 4) is 51.7 Å². The van der Waals surface area contributed by atoms with Crippen molar-refractivity contribution in [3.63, 3.8) is 0 Å². The molecule has 8 heterocycles. The maximum absolute atomic E-state index is 11.4. The van der Waals surface area contributed by atoms with E-state index in [4.69, 9.17) is 124 Å². The molecule has 0 fully saturated rings. The van der Waals surface area contributed by atoms with Crippen LogP contribution in [0.4, 0.5) is 17.1 Å². The van der Waals surface area contributed by atoms with E-state index in [0.717, 1.165) is 174 Å². The number of H-pyrrole nitrogens is 1. The monoisotopic (exact) mass is 2030 g/mol. The first kappa shape index (κ1) is 109. The summed E-state index contributed by atoms with van der Waals surface area (Å²) in [5.41, 5.74) is 30.1. The summed E-state index contributed by atoms with van der Waals surface area (Å²) in [4.78, 5) is 105. The van der Waals surface area contributed by atoms with E-state index in [0.29, 0.717) is 60.1 Å². The van der Waals surface area contributed by atoms with E-state index in [1.165, 1.54) is 6.92 Å². The number of halogens is 9. The Hall–Kier alpha value is -12.7. The molecular formula is C93H93Cl9N17O15P. The Balaban J connectivity index is 0.000000204. The van der Waals surface area contributed by atoms with Crippen LogP contribution >= 0.6 is 109 Å². The number of carbonyl (C=O) groups is 3. The van der Waals surface area contributed by atoms with Gasteiger partial charge < -0.3 is 63.8 Å². The third kappa shape index (κ3) is 34.0. The number of ketones is 2. The number of fused-ring (bicyclic) bond motifs is 8. The first-order valence-corrected chi connectivity index (χ1v) is 46.5. The predicted molar refractivity (Wildman–Crippen MR) is 537 cm³/mol. The third-order valence-corrected chi connectivity index (χ3v) is 20.3. The lowest BCUT2D eigenvalue weighted by atomic mass is 10.0. The molecule has 1 aliphatic heterocycles. The molecule has 1 aliphatic rings. The summed E-state index contributed by atoms with van der Waals surface area (Å²) < 4.78 is 59.4. The number of nitrogen functional groups attached to an aromatic ring is 2. The normalized spacial score (nSPS) is 10.8. The third-order valence-electron chi connectivity index (χ3n) is 18.2. The van der Waals surface area contributed by atoms with Crippen LogP contribution in [0.3, 0.4) is 0 Å². The zero-order valence-corrected chi connectivity index (χ0v) is 84.1. The van der Waals surface area contributed by atoms with Crippen molar-refractivity contribution in [3.05, 3.63) is 250 Å². The summed E-state index contributed by atoms with van der Waals surface area (Å²) in [5.74, 6) is 5.60. The summed E-state index contributed by atoms with van der Waals surface area (Å²) in [5, 5.41) is -0.574. The van der Waals surface area contributed by atoms with Crippen LogP contribution in [0.5, 0.6) is 51.7 Å². The van der Waals surface area contributed by atoms with Gasteiger partial charge in [-0.05, 0) is 217 Å². The number of nitrogens with one attached hydrogen (secondary N) is 1. The summed E-state index contributed by atoms with van der Waals surface area (Å²) in [7, 11) is 14.5. The van der Waals surface area contributed by atoms with Crippen LogP contribution in [0.25, 0.3) is 77.2 Å². The number of aryl methyl sites for hydroxylation is 7. The number of methoxy groups -OCH3 is 9. The topological polar surface area (TPSA) is 425 Å². The number of Topliss-reactive ketones (excluding diaryl/α,β-unsaturated/α-hetero) is 2. The molecule has 7 aromatic heterocycles. The molecule has 32 nitrogen and oxygen atoms in total. The lowest BCUT2D eigenvalue weighted by molar-refractivity contribution is -0.152. The molecule has 0 unspecified atom stereocenters. The Kier molecular flexibility index (Phi) is 42.8. The lowest BCUT2D eigenvalue weighted by Gasteiger charge is -2.12. The summed E-state index contributed by atoms with van der Waals surface area (Å²) in [6.07, 6.45) is 0.432. The zero-order chi connectivity index (χ0) is 99.7. The van der Waals surface area contributed by atoms with Crippen molar-refractivity contribution in [1.29, 1.82) is 0 Å². The van der Waals surface area contributed by atoms with Gasteiger partial charge in [-0.3, -0.25) is 18.9 Å². The minimum Gasteiger partial charge on any atom is -0.497 e. The maximum Gasteiger partial charge on any atom is 0.374 e. The molecule has 135 heavy (non-hydrogen) atoms. The molecule has 9 aromatic carbocycles. The van der Waals surface area contributed by atoms with E-state index in [-0.39, 0.29) is 17.9 Å². The lowest BCUT2D eigenvalue weighted by Crippen LogP contribution is -2.16. The largest absolute Gasteiger partial charge is 0.497 e. The number of nitrogens with two attached hydrogens (primary N) is 2. The van der Waals surface area contributed by atoms with Crippen molar-refractivity contribution in [2.75, 3.05) is 82.1 Å². The second-order valence-corrected chi connectivity index (χ2v) is 36.5. The molecule has 16 aromatic rings. The minimum absolute atomic E-state index is 0.0887. The number of benzene rings is 9. The summed E-state index contributed by atoms with van der Waals surface area (Å²) in [6.45, 7) is 17.5. The zero-order valence-electron chi connectivity index (χ0n) is 76.4. The highest BCUT2D eigenvalue weighted by Gasteiger charge is 2.18. The van der Waals surface area contributed by atoms with Crippen molar-refractivity contribution in [1.82, 2.24) is 69.8 Å². The van der Waals surface area contributed by atoms with Gasteiger partial charge in [0, 0.05) is 61.9 Å². The van der Waals surface area contributed by atoms with Gasteiger partial charge in [-0.25, -0.2) is 74.6 Å². The van der Waals surface area contributed by atoms with Gasteiger partial charge in [0.1, 0.15) is 57.4 Å². The Morgan fingerprint density at radius 1 is 0.341 bits per heavy atom. The maximum atomic E-state index is 11.4. The molecule has 0 atom stereocenters. The molecule has 708 valence electrons. The summed E-state index contributed by atoms with van der Waals surface area (Å²) in [6, 6.07) is 49.3. The van der Waals surface area contributed by atoms with E-state index >= 15 is 0 Å². The second kappa shape index (κ2) is 52.8. The molecule has 0 aliphatic carbocycles. The van der Waals surface area contributed by atoms with Crippen molar-refractivity contribution >= 4 is 226 Å². The first-order valence-electron chi connectivity index (χ1n) is 39.8. The number of esters is 1. The number of hydrogen-bond donors (Lipinski definition) is 3. The average molecular weight is 2040 g/mol. The van der Waals surface area contributed by atoms with Gasteiger partial charge in [0.05, 0.1) is 205 Å². The van der Waals surface area contributed by atoms with Crippen LogP contribution in [0.1, 0.15) is 66.2 Å². The number of nitrogens with zero attached hydrogens (tertiary/aromatic N) is 14. The Bertz CT molecular complexity index is 6340. The van der Waals surface area contributed by atoms with Crippen LogP contribution in [-0.4, -0.2) is 164 Å². The van der Waals surface area contributed by atoms with E-state index < -0.39 is 17.0 Å². The van der Waals surface area contributed by atoms with Gasteiger partial charge in [0.25, 0.3) is 5.56 Å². The van der Waals surface area contributed by atoms with Crippen LogP contribution in [0, 0.1) is 48.5 Å². The Morgan fingerprint density at radius 3 is 0.874 bits per heavy atom. The van der Waals surface area contributed by atoms with E-state index in [2.05, 4.69) is 113 Å². The smallest absolute Gasteiger partial charge is 0.374 e. The van der Waals surface area contributed by atoms with Crippen LogP contribution in [0.2, 0.25) is 30.9 Å². The number of rotatable bonds is 11. The van der Waals surface area contributed by atoms with Crippen LogP contribution in [0.15, 0.2) is 174 Å². The average Bonchev–Trinajstić information content (AvgIpc) is 0.854.